The van der Waals surface area contributed by atoms with Crippen molar-refractivity contribution < 1.29 is 29.7 Å². The van der Waals surface area contributed by atoms with Crippen LogP contribution in [0.4, 0.5) is 0 Å². The molecule has 0 saturated heterocycles. The molecule has 0 unspecified atom stereocenters. The molecule has 0 heterocycles. The van der Waals surface area contributed by atoms with Gasteiger partial charge in [-0.1, -0.05) is 29.3 Å². The standard InChI is InChI=1S/C23H16Cl2O6.Na/c1-10-6-12(8-14(20(10)26)22(28)29)18(19-16(24)4-3-5-17(19)25)13-7-11(2)21(27)15(9-13)23(30)31;/h3-9,26H,1-2H3,(H,28,29)(H,30,31);/b18-13-;. The van der Waals surface area contributed by atoms with Crippen molar-refractivity contribution in [1.29, 1.82) is 0 Å². The summed E-state index contributed by atoms with van der Waals surface area (Å²) in [7, 11) is 0. The molecule has 6 nitrogen and oxygen atoms in total. The van der Waals surface area contributed by atoms with Crippen LogP contribution in [0.3, 0.4) is 0 Å². The predicted molar refractivity (Wildman–Crippen MR) is 123 cm³/mol. The minimum absolute atomic E-state index is 0. The van der Waals surface area contributed by atoms with Crippen molar-refractivity contribution in [3.63, 3.8) is 0 Å². The number of benzene rings is 2. The Bertz CT molecular complexity index is 1240. The Hall–Kier alpha value is -2.35. The summed E-state index contributed by atoms with van der Waals surface area (Å²) in [4.78, 5) is 35.6. The first-order valence-electron chi connectivity index (χ1n) is 8.96. The van der Waals surface area contributed by atoms with Crippen LogP contribution in [-0.4, -0.2) is 62.6 Å². The van der Waals surface area contributed by atoms with Crippen LogP contribution in [0.2, 0.25) is 10.0 Å². The number of aromatic hydroxyl groups is 1. The summed E-state index contributed by atoms with van der Waals surface area (Å²) in [6.45, 7) is 3.01. The molecule has 32 heavy (non-hydrogen) atoms. The Morgan fingerprint density at radius 3 is 2.06 bits per heavy atom. The van der Waals surface area contributed by atoms with E-state index in [2.05, 4.69) is 0 Å². The van der Waals surface area contributed by atoms with Crippen molar-refractivity contribution in [2.24, 2.45) is 0 Å². The minimum atomic E-state index is -1.40. The fourth-order valence-electron chi connectivity index (χ4n) is 3.36. The maximum atomic E-state index is 12.3. The Morgan fingerprint density at radius 1 is 0.938 bits per heavy atom. The van der Waals surface area contributed by atoms with Crippen LogP contribution >= 0.6 is 23.2 Å². The van der Waals surface area contributed by atoms with Gasteiger partial charge in [-0.3, -0.25) is 4.79 Å². The average molecular weight is 482 g/mol. The van der Waals surface area contributed by atoms with Gasteiger partial charge in [-0.25, -0.2) is 9.59 Å². The monoisotopic (exact) mass is 481 g/mol. The largest absolute Gasteiger partial charge is 0.507 e. The van der Waals surface area contributed by atoms with Crippen molar-refractivity contribution in [2.45, 2.75) is 13.8 Å². The van der Waals surface area contributed by atoms with Gasteiger partial charge in [-0.2, -0.15) is 0 Å². The molecule has 0 amide bonds. The molecule has 0 bridgehead atoms. The Morgan fingerprint density at radius 2 is 1.53 bits per heavy atom. The molecule has 159 valence electrons. The van der Waals surface area contributed by atoms with Gasteiger partial charge in [0.1, 0.15) is 16.9 Å². The number of aliphatic carboxylic acids is 1. The van der Waals surface area contributed by atoms with Gasteiger partial charge in [0.15, 0.2) is 5.78 Å². The smallest absolute Gasteiger partial charge is 0.339 e. The molecular formula is C23H16Cl2NaO6. The number of carboxylic acids is 2. The van der Waals surface area contributed by atoms with Gasteiger partial charge in [-0.15, -0.1) is 0 Å². The molecule has 0 spiro atoms. The van der Waals surface area contributed by atoms with E-state index >= 15 is 0 Å². The SMILES string of the molecule is CC1=C/C(=C(\c2cc(C)c(O)c(C(=O)O)c2)c2c(Cl)cccc2Cl)C=C(C(=O)O)C1=O.[Na]. The molecule has 0 atom stereocenters. The second-order valence-corrected chi connectivity index (χ2v) is 7.76. The normalized spacial score (nSPS) is 14.8. The van der Waals surface area contributed by atoms with Gasteiger partial charge < -0.3 is 15.3 Å². The summed E-state index contributed by atoms with van der Waals surface area (Å²) in [5, 5.41) is 29.6. The number of rotatable bonds is 4. The molecule has 0 aliphatic heterocycles. The maximum absolute atomic E-state index is 12.3. The number of ketones is 1. The summed E-state index contributed by atoms with van der Waals surface area (Å²) >= 11 is 12.8. The first-order chi connectivity index (χ1) is 14.5. The Kier molecular flexibility index (Phi) is 8.15. The molecular weight excluding hydrogens is 466 g/mol. The fourth-order valence-corrected chi connectivity index (χ4v) is 3.94. The van der Waals surface area contributed by atoms with E-state index in [9.17, 15) is 29.7 Å². The average Bonchev–Trinajstić information content (AvgIpc) is 2.68. The number of halogens is 2. The summed E-state index contributed by atoms with van der Waals surface area (Å²) in [6, 6.07) is 7.59. The maximum Gasteiger partial charge on any atom is 0.339 e. The Labute approximate surface area is 215 Å². The van der Waals surface area contributed by atoms with Gasteiger partial charge in [-0.05, 0) is 78.1 Å². The molecule has 2 aromatic carbocycles. The quantitative estimate of drug-likeness (QED) is 0.432. The van der Waals surface area contributed by atoms with E-state index < -0.39 is 29.0 Å². The number of carboxylic acid groups (broad SMARTS) is 2. The fraction of sp³-hybridized carbons (Fsp3) is 0.0870. The van der Waals surface area contributed by atoms with Crippen LogP contribution in [0.1, 0.15) is 34.0 Å². The van der Waals surface area contributed by atoms with E-state index in [4.69, 9.17) is 23.2 Å². The van der Waals surface area contributed by atoms with E-state index in [1.807, 2.05) is 0 Å². The van der Waals surface area contributed by atoms with Crippen molar-refractivity contribution in [1.82, 2.24) is 0 Å². The number of phenols is 1. The zero-order chi connectivity index (χ0) is 23.0. The van der Waals surface area contributed by atoms with Crippen molar-refractivity contribution in [3.05, 3.63) is 91.5 Å². The van der Waals surface area contributed by atoms with E-state index in [0.29, 0.717) is 22.3 Å². The number of Topliss-reactive ketones (excluding diaryl/α,β-unsaturated/α-hetero) is 1. The van der Waals surface area contributed by atoms with E-state index in [0.717, 1.165) is 0 Å². The third-order valence-electron chi connectivity index (χ3n) is 4.83. The predicted octanol–water partition coefficient (Wildman–Crippen LogP) is 4.67. The molecule has 3 N–H and O–H groups in total. The second-order valence-electron chi connectivity index (χ2n) is 6.94. The molecule has 3 rings (SSSR count). The van der Waals surface area contributed by atoms with Gasteiger partial charge in [0.05, 0.1) is 0 Å². The van der Waals surface area contributed by atoms with Crippen molar-refractivity contribution >= 4 is 76.1 Å². The van der Waals surface area contributed by atoms with E-state index in [-0.39, 0.29) is 56.3 Å². The third kappa shape index (κ3) is 4.85. The summed E-state index contributed by atoms with van der Waals surface area (Å²) in [5.74, 6) is -3.76. The molecule has 9 heteroatoms. The van der Waals surface area contributed by atoms with Crippen LogP contribution < -0.4 is 0 Å². The number of allylic oxidation sites excluding steroid dienone is 4. The molecule has 1 aliphatic rings. The minimum Gasteiger partial charge on any atom is -0.507 e. The number of hydrogen-bond acceptors (Lipinski definition) is 4. The summed E-state index contributed by atoms with van der Waals surface area (Å²) in [5.41, 5.74) is 0.989. The Balaban J connectivity index is 0.00000363. The number of carbonyl (C=O) groups excluding carboxylic acids is 1. The zero-order valence-electron chi connectivity index (χ0n) is 17.4. The number of aromatic carboxylic acids is 1. The van der Waals surface area contributed by atoms with Crippen LogP contribution in [0.25, 0.3) is 5.57 Å². The van der Waals surface area contributed by atoms with Gasteiger partial charge in [0, 0.05) is 45.2 Å². The molecule has 1 radical (unpaired) electrons. The molecule has 0 saturated carbocycles. The van der Waals surface area contributed by atoms with E-state index in [1.54, 1.807) is 18.2 Å². The van der Waals surface area contributed by atoms with Gasteiger partial charge in [0.2, 0.25) is 0 Å². The van der Waals surface area contributed by atoms with Crippen LogP contribution in [-0.2, 0) is 9.59 Å². The second kappa shape index (κ2) is 10.1. The molecule has 0 aromatic heterocycles. The van der Waals surface area contributed by atoms with E-state index in [1.165, 1.54) is 38.1 Å². The first-order valence-corrected chi connectivity index (χ1v) is 9.72. The zero-order valence-corrected chi connectivity index (χ0v) is 20.9. The number of hydrogen-bond donors (Lipinski definition) is 3. The number of aryl methyl sites for hydroxylation is 1. The van der Waals surface area contributed by atoms with Crippen LogP contribution in [0.5, 0.6) is 5.75 Å². The van der Waals surface area contributed by atoms with Gasteiger partial charge in [0.25, 0.3) is 0 Å². The third-order valence-corrected chi connectivity index (χ3v) is 5.46. The molecule has 1 aliphatic carbocycles. The molecule has 0 fully saturated rings. The van der Waals surface area contributed by atoms with Crippen molar-refractivity contribution in [2.75, 3.05) is 0 Å². The van der Waals surface area contributed by atoms with Crippen molar-refractivity contribution in [3.8, 4) is 5.75 Å². The summed E-state index contributed by atoms with van der Waals surface area (Å²) < 4.78 is 0. The topological polar surface area (TPSA) is 112 Å². The van der Waals surface area contributed by atoms with Gasteiger partial charge >= 0.3 is 11.9 Å². The molecule has 2 aromatic rings. The van der Waals surface area contributed by atoms with Crippen LogP contribution in [0.15, 0.2) is 59.2 Å². The van der Waals surface area contributed by atoms with Crippen LogP contribution in [0, 0.1) is 6.92 Å². The first kappa shape index (κ1) is 25.9. The number of carbonyl (C=O) groups is 3. The summed E-state index contributed by atoms with van der Waals surface area (Å²) in [6.07, 6.45) is 2.70.